The first-order valence-electron chi connectivity index (χ1n) is 7.64. The number of hydrogen-bond acceptors (Lipinski definition) is 5. The molecule has 10 heteroatoms. The number of thiazole rings is 1. The molecule has 0 fully saturated rings. The lowest BCUT2D eigenvalue weighted by Gasteiger charge is -2.08. The fourth-order valence-electron chi connectivity index (χ4n) is 1.90. The predicted molar refractivity (Wildman–Crippen MR) is 84.6 cm³/mol. The average Bonchev–Trinajstić information content (AvgIpc) is 2.79. The molecule has 142 valence electrons. The van der Waals surface area contributed by atoms with Crippen LogP contribution < -0.4 is 4.57 Å². The fraction of sp³-hybridized carbons (Fsp3) is 0.786. The predicted octanol–water partition coefficient (Wildman–Crippen LogP) is 2.90. The number of rotatable bonds is 8. The summed E-state index contributed by atoms with van der Waals surface area (Å²) in [7, 11) is -6.09. The van der Waals surface area contributed by atoms with Crippen LogP contribution in [0.1, 0.15) is 49.6 Å². The summed E-state index contributed by atoms with van der Waals surface area (Å²) in [6.45, 7) is 5.81. The number of aromatic nitrogens is 1. The molecule has 0 saturated carbocycles. The zero-order chi connectivity index (χ0) is 18.8. The van der Waals surface area contributed by atoms with Crippen LogP contribution in [0.5, 0.6) is 0 Å². The molecule has 0 bridgehead atoms. The van der Waals surface area contributed by atoms with E-state index in [1.807, 2.05) is 0 Å². The molecule has 0 amide bonds. The molecule has 1 N–H and O–H groups in total. The van der Waals surface area contributed by atoms with Crippen LogP contribution in [-0.4, -0.2) is 30.2 Å². The van der Waals surface area contributed by atoms with Crippen molar-refractivity contribution in [1.29, 1.82) is 0 Å². The number of nitrogens with zero attached hydrogens (tertiary/aromatic N) is 1. The average molecular weight is 391 g/mol. The number of unbranched alkanes of at least 4 members (excludes halogenated alkanes) is 4. The minimum Gasteiger partial charge on any atom is -0.741 e. The highest BCUT2D eigenvalue weighted by Gasteiger charge is 2.36. The molecule has 1 aromatic rings. The highest BCUT2D eigenvalue weighted by molar-refractivity contribution is 7.86. The van der Waals surface area contributed by atoms with E-state index in [0.29, 0.717) is 0 Å². The third kappa shape index (κ3) is 8.95. The standard InChI is InChI=1S/C13H24NOS.CHF3O3S/c1-3-4-5-6-7-9-14-11-16-13(8-10-15)12(14)2;2-1(3,4)8(5,6)7/h11,15H,3-10H2,1-2H3;(H,5,6,7)/q+1;/p-1. The Balaban J connectivity index is 0.000000561. The van der Waals surface area contributed by atoms with E-state index in [0.717, 1.165) is 13.0 Å². The minimum absolute atomic E-state index is 0.262. The molecule has 24 heavy (non-hydrogen) atoms. The molecule has 1 aromatic heterocycles. The van der Waals surface area contributed by atoms with Crippen LogP contribution in [0.3, 0.4) is 0 Å². The van der Waals surface area contributed by atoms with Crippen molar-refractivity contribution < 1.29 is 35.8 Å². The second-order valence-corrected chi connectivity index (χ2v) is 7.52. The van der Waals surface area contributed by atoms with Gasteiger partial charge in [-0.3, -0.25) is 0 Å². The fourth-order valence-corrected chi connectivity index (χ4v) is 2.91. The number of halogens is 3. The van der Waals surface area contributed by atoms with E-state index in [4.69, 9.17) is 18.1 Å². The topological polar surface area (TPSA) is 81.3 Å². The Labute approximate surface area is 144 Å². The molecule has 0 aliphatic heterocycles. The molecule has 0 spiro atoms. The first-order valence-corrected chi connectivity index (χ1v) is 9.92. The highest BCUT2D eigenvalue weighted by atomic mass is 32.2. The molecule has 0 atom stereocenters. The first-order chi connectivity index (χ1) is 11.0. The third-order valence-electron chi connectivity index (χ3n) is 3.28. The lowest BCUT2D eigenvalue weighted by molar-refractivity contribution is -0.698. The van der Waals surface area contributed by atoms with Gasteiger partial charge < -0.3 is 9.66 Å². The molecule has 0 radical (unpaired) electrons. The lowest BCUT2D eigenvalue weighted by atomic mass is 10.1. The largest absolute Gasteiger partial charge is 0.741 e. The van der Waals surface area contributed by atoms with Crippen molar-refractivity contribution in [2.75, 3.05) is 6.61 Å². The van der Waals surface area contributed by atoms with E-state index in [1.54, 1.807) is 11.3 Å². The Morgan fingerprint density at radius 2 is 1.79 bits per heavy atom. The summed E-state index contributed by atoms with van der Waals surface area (Å²) in [4.78, 5) is 1.33. The third-order valence-corrected chi connectivity index (χ3v) is 4.99. The maximum absolute atomic E-state index is 10.7. The summed E-state index contributed by atoms with van der Waals surface area (Å²) in [5, 5.41) is 8.92. The quantitative estimate of drug-likeness (QED) is 0.320. The van der Waals surface area contributed by atoms with Gasteiger partial charge in [-0.1, -0.05) is 37.5 Å². The molecule has 0 aliphatic rings. The zero-order valence-corrected chi connectivity index (χ0v) is 15.4. The smallest absolute Gasteiger partial charge is 0.485 e. The summed E-state index contributed by atoms with van der Waals surface area (Å²) in [6.07, 6.45) is 7.46. The van der Waals surface area contributed by atoms with Gasteiger partial charge >= 0.3 is 5.51 Å². The van der Waals surface area contributed by atoms with Crippen molar-refractivity contribution in [3.05, 3.63) is 16.1 Å². The van der Waals surface area contributed by atoms with Gasteiger partial charge in [0.1, 0.15) is 6.54 Å². The van der Waals surface area contributed by atoms with E-state index >= 15 is 0 Å². The van der Waals surface area contributed by atoms with Gasteiger partial charge in [0.25, 0.3) is 0 Å². The second kappa shape index (κ2) is 11.0. The van der Waals surface area contributed by atoms with Crippen LogP contribution in [0.4, 0.5) is 13.2 Å². The summed E-state index contributed by atoms with van der Waals surface area (Å²) < 4.78 is 61.2. The van der Waals surface area contributed by atoms with Crippen molar-refractivity contribution in [2.24, 2.45) is 0 Å². The van der Waals surface area contributed by atoms with Crippen molar-refractivity contribution in [3.8, 4) is 0 Å². The zero-order valence-electron chi connectivity index (χ0n) is 13.8. The molecule has 0 aromatic carbocycles. The second-order valence-electron chi connectivity index (χ2n) is 5.21. The van der Waals surface area contributed by atoms with Crippen LogP contribution in [0.2, 0.25) is 0 Å². The van der Waals surface area contributed by atoms with Crippen LogP contribution in [-0.2, 0) is 23.1 Å². The Bertz CT molecular complexity index is 571. The molecule has 1 rings (SSSR count). The van der Waals surface area contributed by atoms with E-state index in [-0.39, 0.29) is 6.61 Å². The van der Waals surface area contributed by atoms with Gasteiger partial charge in [-0.25, -0.2) is 8.42 Å². The van der Waals surface area contributed by atoms with Crippen molar-refractivity contribution >= 4 is 21.5 Å². The van der Waals surface area contributed by atoms with Crippen molar-refractivity contribution in [3.63, 3.8) is 0 Å². The van der Waals surface area contributed by atoms with Gasteiger partial charge in [-0.15, -0.1) is 0 Å². The van der Waals surface area contributed by atoms with Gasteiger partial charge in [0.15, 0.2) is 15.8 Å². The van der Waals surface area contributed by atoms with Gasteiger partial charge in [-0.05, 0) is 6.42 Å². The lowest BCUT2D eigenvalue weighted by Crippen LogP contribution is -2.34. The number of hydrogen-bond donors (Lipinski definition) is 1. The van der Waals surface area contributed by atoms with Gasteiger partial charge in [0.2, 0.25) is 5.51 Å². The molecule has 5 nitrogen and oxygen atoms in total. The van der Waals surface area contributed by atoms with E-state index in [2.05, 4.69) is 23.9 Å². The molecule has 0 unspecified atom stereocenters. The Kier molecular flexibility index (Phi) is 10.7. The summed E-state index contributed by atoms with van der Waals surface area (Å²) in [5.74, 6) is 0. The van der Waals surface area contributed by atoms with Crippen LogP contribution >= 0.6 is 11.3 Å². The van der Waals surface area contributed by atoms with Crippen molar-refractivity contribution in [1.82, 2.24) is 0 Å². The summed E-state index contributed by atoms with van der Waals surface area (Å²) in [5.41, 5.74) is -2.11. The van der Waals surface area contributed by atoms with E-state index in [9.17, 15) is 13.2 Å². The van der Waals surface area contributed by atoms with Crippen LogP contribution in [0.25, 0.3) is 0 Å². The number of aryl methyl sites for hydroxylation is 1. The number of aliphatic hydroxyl groups is 1. The van der Waals surface area contributed by atoms with Crippen molar-refractivity contribution in [2.45, 2.75) is 64.4 Å². The Hall–Kier alpha value is -0.710. The molecule has 0 aliphatic carbocycles. The van der Waals surface area contributed by atoms with Gasteiger partial charge in [0.05, 0.1) is 4.88 Å². The minimum atomic E-state index is -6.09. The summed E-state index contributed by atoms with van der Waals surface area (Å²) >= 11 is 1.77. The van der Waals surface area contributed by atoms with E-state index < -0.39 is 15.6 Å². The molecule has 1 heterocycles. The van der Waals surface area contributed by atoms with Gasteiger partial charge in [-0.2, -0.15) is 17.7 Å². The number of alkyl halides is 3. The Morgan fingerprint density at radius 1 is 1.25 bits per heavy atom. The molecule has 0 saturated heterocycles. The van der Waals surface area contributed by atoms with E-state index in [1.165, 1.54) is 42.7 Å². The molecular weight excluding hydrogens is 367 g/mol. The maximum Gasteiger partial charge on any atom is 0.485 e. The van der Waals surface area contributed by atoms with Crippen LogP contribution in [0.15, 0.2) is 5.51 Å². The molecular formula is C14H24F3NO4S2. The maximum atomic E-state index is 10.7. The Morgan fingerprint density at radius 3 is 2.25 bits per heavy atom. The van der Waals surface area contributed by atoms with Crippen LogP contribution in [0, 0.1) is 6.92 Å². The highest BCUT2D eigenvalue weighted by Crippen LogP contribution is 2.20. The number of aliphatic hydroxyl groups excluding tert-OH is 1. The van der Waals surface area contributed by atoms with Gasteiger partial charge in [0, 0.05) is 26.4 Å². The first kappa shape index (κ1) is 23.3. The monoisotopic (exact) mass is 391 g/mol. The normalized spacial score (nSPS) is 12.0. The SMILES string of the molecule is CCCCCCC[n+]1csc(CCO)c1C.O=S(=O)([O-])C(F)(F)F. The summed E-state index contributed by atoms with van der Waals surface area (Å²) in [6, 6.07) is 0.